The molecule has 1 N–H and O–H groups in total. The van der Waals surface area contributed by atoms with Crippen LogP contribution < -0.4 is 0 Å². The summed E-state index contributed by atoms with van der Waals surface area (Å²) >= 11 is 12.3. The molecular formula is C26H18Cl2N6O. The number of aliphatic hydroxyl groups is 1. The first kappa shape index (κ1) is 21.7. The average Bonchev–Trinajstić information content (AvgIpc) is 3.54. The topological polar surface area (TPSA) is 81.1 Å². The van der Waals surface area contributed by atoms with Crippen LogP contribution in [0.2, 0.25) is 10.0 Å². The van der Waals surface area contributed by atoms with Gasteiger partial charge in [-0.2, -0.15) is 4.52 Å². The van der Waals surface area contributed by atoms with E-state index in [9.17, 15) is 5.11 Å². The Morgan fingerprint density at radius 1 is 0.914 bits per heavy atom. The largest absolute Gasteiger partial charge is 0.382 e. The molecule has 3 heterocycles. The highest BCUT2D eigenvalue weighted by Gasteiger charge is 2.19. The number of hydrogen-bond donors (Lipinski definition) is 1. The Hall–Kier alpha value is -3.78. The lowest BCUT2D eigenvalue weighted by Gasteiger charge is -2.16. The van der Waals surface area contributed by atoms with Gasteiger partial charge in [-0.15, -0.1) is 5.10 Å². The first-order chi connectivity index (χ1) is 17.1. The quantitative estimate of drug-likeness (QED) is 0.334. The predicted molar refractivity (Wildman–Crippen MR) is 136 cm³/mol. The van der Waals surface area contributed by atoms with Crippen LogP contribution in [0.1, 0.15) is 22.9 Å². The van der Waals surface area contributed by atoms with Crippen molar-refractivity contribution in [3.63, 3.8) is 0 Å². The zero-order chi connectivity index (χ0) is 23.9. The van der Waals surface area contributed by atoms with Crippen molar-refractivity contribution in [1.82, 2.24) is 29.6 Å². The molecular weight excluding hydrogens is 483 g/mol. The summed E-state index contributed by atoms with van der Waals surface area (Å²) in [5.74, 6) is 0. The van der Waals surface area contributed by atoms with Crippen LogP contribution >= 0.6 is 23.2 Å². The summed E-state index contributed by atoms with van der Waals surface area (Å²) in [5.41, 5.74) is 5.79. The standard InChI is InChI=1S/C26H18Cl2N6O/c27-19-7-4-16(5-8-19)14-33-15-29-13-24(33)26(35)18-6-9-23-22(11-18)21(12-25-30-31-32-34(23)25)17-2-1-3-20(28)10-17/h1-13,15,26,35H,14H2. The Labute approximate surface area is 210 Å². The van der Waals surface area contributed by atoms with Crippen molar-refractivity contribution >= 4 is 39.8 Å². The number of hydrogen-bond acceptors (Lipinski definition) is 5. The Morgan fingerprint density at radius 3 is 2.60 bits per heavy atom. The zero-order valence-electron chi connectivity index (χ0n) is 18.3. The van der Waals surface area contributed by atoms with Crippen LogP contribution in [0.25, 0.3) is 27.7 Å². The van der Waals surface area contributed by atoms with Crippen LogP contribution in [-0.4, -0.2) is 34.7 Å². The van der Waals surface area contributed by atoms with Gasteiger partial charge < -0.3 is 9.67 Å². The number of pyridine rings is 1. The molecule has 0 aliphatic heterocycles. The van der Waals surface area contributed by atoms with Crippen LogP contribution in [0.4, 0.5) is 0 Å². The van der Waals surface area contributed by atoms with E-state index < -0.39 is 6.10 Å². The van der Waals surface area contributed by atoms with Crippen LogP contribution in [0, 0.1) is 0 Å². The zero-order valence-corrected chi connectivity index (χ0v) is 19.8. The molecule has 1 unspecified atom stereocenters. The van der Waals surface area contributed by atoms with E-state index in [0.717, 1.165) is 33.2 Å². The summed E-state index contributed by atoms with van der Waals surface area (Å²) in [6.45, 7) is 0.566. The van der Waals surface area contributed by atoms with E-state index in [1.807, 2.05) is 77.4 Å². The number of fused-ring (bicyclic) bond motifs is 3. The van der Waals surface area contributed by atoms with Crippen molar-refractivity contribution in [2.75, 3.05) is 0 Å². The third kappa shape index (κ3) is 4.04. The molecule has 0 fully saturated rings. The van der Waals surface area contributed by atoms with Gasteiger partial charge in [0.15, 0.2) is 5.65 Å². The summed E-state index contributed by atoms with van der Waals surface area (Å²) in [6.07, 6.45) is 2.52. The summed E-state index contributed by atoms with van der Waals surface area (Å²) in [5, 5.41) is 25.7. The van der Waals surface area contributed by atoms with E-state index in [1.54, 1.807) is 17.0 Å². The second kappa shape index (κ2) is 8.78. The van der Waals surface area contributed by atoms with Crippen molar-refractivity contribution in [1.29, 1.82) is 0 Å². The number of nitrogens with zero attached hydrogens (tertiary/aromatic N) is 6. The smallest absolute Gasteiger partial charge is 0.180 e. The van der Waals surface area contributed by atoms with Crippen LogP contribution in [0.5, 0.6) is 0 Å². The molecule has 0 spiro atoms. The highest BCUT2D eigenvalue weighted by atomic mass is 35.5. The van der Waals surface area contributed by atoms with Gasteiger partial charge in [-0.05, 0) is 75.1 Å². The van der Waals surface area contributed by atoms with Gasteiger partial charge in [0.25, 0.3) is 0 Å². The first-order valence-corrected chi connectivity index (χ1v) is 11.7. The maximum atomic E-state index is 11.4. The summed E-state index contributed by atoms with van der Waals surface area (Å²) in [4.78, 5) is 4.29. The average molecular weight is 501 g/mol. The molecule has 0 aliphatic carbocycles. The number of rotatable bonds is 5. The van der Waals surface area contributed by atoms with Gasteiger partial charge in [-0.3, -0.25) is 0 Å². The minimum atomic E-state index is -0.883. The summed E-state index contributed by atoms with van der Waals surface area (Å²) in [7, 11) is 0. The number of aliphatic hydroxyl groups excluding tert-OH is 1. The molecule has 6 rings (SSSR count). The molecule has 7 nitrogen and oxygen atoms in total. The van der Waals surface area contributed by atoms with E-state index in [4.69, 9.17) is 23.2 Å². The van der Waals surface area contributed by atoms with E-state index in [-0.39, 0.29) is 0 Å². The monoisotopic (exact) mass is 500 g/mol. The third-order valence-electron chi connectivity index (χ3n) is 6.05. The van der Waals surface area contributed by atoms with Gasteiger partial charge in [0, 0.05) is 22.0 Å². The molecule has 35 heavy (non-hydrogen) atoms. The SMILES string of the molecule is OC(c1ccc2c(c1)c(-c1cccc(Cl)c1)cc1nnnn12)c1cncn1Cc1ccc(Cl)cc1. The Kier molecular flexibility index (Phi) is 5.45. The number of aromatic nitrogens is 6. The van der Waals surface area contributed by atoms with E-state index >= 15 is 0 Å². The fraction of sp³-hybridized carbons (Fsp3) is 0.0769. The van der Waals surface area contributed by atoms with Gasteiger partial charge in [0.1, 0.15) is 6.10 Å². The van der Waals surface area contributed by atoms with Crippen molar-refractivity contribution in [3.05, 3.63) is 112 Å². The molecule has 0 amide bonds. The molecule has 0 saturated carbocycles. The van der Waals surface area contributed by atoms with Crippen LogP contribution in [0.3, 0.4) is 0 Å². The molecule has 3 aromatic heterocycles. The number of halogens is 2. The fourth-order valence-corrected chi connectivity index (χ4v) is 4.65. The van der Waals surface area contributed by atoms with Crippen molar-refractivity contribution in [3.8, 4) is 11.1 Å². The van der Waals surface area contributed by atoms with Gasteiger partial charge in [0.2, 0.25) is 0 Å². The van der Waals surface area contributed by atoms with Gasteiger partial charge in [-0.25, -0.2) is 4.98 Å². The number of benzene rings is 3. The minimum Gasteiger partial charge on any atom is -0.382 e. The molecule has 172 valence electrons. The molecule has 0 radical (unpaired) electrons. The highest BCUT2D eigenvalue weighted by molar-refractivity contribution is 6.31. The van der Waals surface area contributed by atoms with Crippen molar-refractivity contribution in [2.24, 2.45) is 0 Å². The minimum absolute atomic E-state index is 0.566. The Morgan fingerprint density at radius 2 is 1.77 bits per heavy atom. The molecule has 6 aromatic rings. The molecule has 0 aliphatic rings. The van der Waals surface area contributed by atoms with Gasteiger partial charge >= 0.3 is 0 Å². The fourth-order valence-electron chi connectivity index (χ4n) is 4.33. The Balaban J connectivity index is 1.45. The maximum Gasteiger partial charge on any atom is 0.180 e. The molecule has 1 atom stereocenters. The summed E-state index contributed by atoms with van der Waals surface area (Å²) < 4.78 is 3.62. The predicted octanol–water partition coefficient (Wildman–Crippen LogP) is 5.58. The van der Waals surface area contributed by atoms with E-state index in [0.29, 0.717) is 27.9 Å². The molecule has 0 saturated heterocycles. The molecule has 9 heteroatoms. The number of imidazole rings is 1. The summed E-state index contributed by atoms with van der Waals surface area (Å²) in [6, 6.07) is 23.0. The maximum absolute atomic E-state index is 11.4. The highest BCUT2D eigenvalue weighted by Crippen LogP contribution is 2.34. The van der Waals surface area contributed by atoms with Crippen LogP contribution in [0.15, 0.2) is 85.3 Å². The number of tetrazole rings is 1. The second-order valence-electron chi connectivity index (χ2n) is 8.27. The van der Waals surface area contributed by atoms with Crippen LogP contribution in [-0.2, 0) is 6.54 Å². The van der Waals surface area contributed by atoms with Crippen molar-refractivity contribution in [2.45, 2.75) is 12.6 Å². The van der Waals surface area contributed by atoms with Crippen molar-refractivity contribution < 1.29 is 5.11 Å². The lowest BCUT2D eigenvalue weighted by Crippen LogP contribution is -2.09. The lowest BCUT2D eigenvalue weighted by molar-refractivity contribution is 0.210. The van der Waals surface area contributed by atoms with E-state index in [2.05, 4.69) is 20.5 Å². The first-order valence-electron chi connectivity index (χ1n) is 10.9. The van der Waals surface area contributed by atoms with E-state index in [1.165, 1.54) is 0 Å². The lowest BCUT2D eigenvalue weighted by atomic mass is 9.97. The molecule has 3 aromatic carbocycles. The molecule has 0 bridgehead atoms. The van der Waals surface area contributed by atoms with Gasteiger partial charge in [-0.1, -0.05) is 53.5 Å². The Bertz CT molecular complexity index is 1680. The third-order valence-corrected chi connectivity index (χ3v) is 6.54. The second-order valence-corrected chi connectivity index (χ2v) is 9.14. The van der Waals surface area contributed by atoms with Gasteiger partial charge in [0.05, 0.1) is 23.7 Å². The normalized spacial score (nSPS) is 12.4.